The second-order valence-electron chi connectivity index (χ2n) is 10.00. The number of fused-ring (bicyclic) bond motifs is 1. The maximum absolute atomic E-state index is 14.9. The fraction of sp³-hybridized carbons (Fsp3) is 0.360. The van der Waals surface area contributed by atoms with E-state index in [1.807, 2.05) is 0 Å². The van der Waals surface area contributed by atoms with Crippen LogP contribution in [0.3, 0.4) is 0 Å². The molecule has 1 saturated heterocycles. The Hall–Kier alpha value is -4.56. The number of aromatic nitrogens is 6. The van der Waals surface area contributed by atoms with Gasteiger partial charge in [-0.2, -0.15) is 18.3 Å². The zero-order valence-electron chi connectivity index (χ0n) is 21.1. The molecule has 1 aliphatic carbocycles. The Kier molecular flexibility index (Phi) is 5.96. The summed E-state index contributed by atoms with van der Waals surface area (Å²) in [5, 5.41) is 14.4. The van der Waals surface area contributed by atoms with Crippen molar-refractivity contribution < 1.29 is 27.2 Å². The SMILES string of the molecule is Cc1ccc(-c2cc(C(F)(F)F)c3c(N)ncnn23)cc1C(=O)N[C@@H]1CN(C(=O)c2cn(C3CC3)nn2)C[C@@H]1F. The third-order valence-corrected chi connectivity index (χ3v) is 7.17. The Bertz CT molecular complexity index is 1640. The zero-order chi connectivity index (χ0) is 28.3. The molecule has 2 aliphatic rings. The number of alkyl halides is 4. The lowest BCUT2D eigenvalue weighted by Gasteiger charge is -2.17. The molecule has 3 aromatic heterocycles. The summed E-state index contributed by atoms with van der Waals surface area (Å²) < 4.78 is 58.8. The molecule has 11 nitrogen and oxygen atoms in total. The molecule has 1 aromatic carbocycles. The van der Waals surface area contributed by atoms with E-state index in [0.717, 1.165) is 29.8 Å². The smallest absolute Gasteiger partial charge is 0.382 e. The number of halogens is 4. The van der Waals surface area contributed by atoms with Crippen LogP contribution in [0.2, 0.25) is 0 Å². The average Bonchev–Trinajstić information content (AvgIpc) is 3.31. The number of rotatable bonds is 5. The van der Waals surface area contributed by atoms with E-state index in [9.17, 15) is 27.2 Å². The number of benzene rings is 1. The molecule has 1 aliphatic heterocycles. The highest BCUT2D eigenvalue weighted by Gasteiger charge is 2.39. The van der Waals surface area contributed by atoms with Gasteiger partial charge in [0.15, 0.2) is 11.5 Å². The van der Waals surface area contributed by atoms with Gasteiger partial charge < -0.3 is 16.0 Å². The quantitative estimate of drug-likeness (QED) is 0.360. The van der Waals surface area contributed by atoms with Crippen LogP contribution in [-0.2, 0) is 6.18 Å². The Labute approximate surface area is 224 Å². The zero-order valence-corrected chi connectivity index (χ0v) is 21.1. The van der Waals surface area contributed by atoms with Crippen molar-refractivity contribution in [3.8, 4) is 11.3 Å². The lowest BCUT2D eigenvalue weighted by atomic mass is 10.0. The summed E-state index contributed by atoms with van der Waals surface area (Å²) in [4.78, 5) is 31.0. The lowest BCUT2D eigenvalue weighted by molar-refractivity contribution is -0.136. The molecule has 0 spiro atoms. The first-order valence-electron chi connectivity index (χ1n) is 12.5. The number of nitrogens with one attached hydrogen (secondary N) is 1. The Morgan fingerprint density at radius 1 is 1.15 bits per heavy atom. The minimum Gasteiger partial charge on any atom is -0.382 e. The van der Waals surface area contributed by atoms with E-state index in [0.29, 0.717) is 5.56 Å². The van der Waals surface area contributed by atoms with Gasteiger partial charge in [-0.3, -0.25) is 9.59 Å². The van der Waals surface area contributed by atoms with E-state index < -0.39 is 41.3 Å². The van der Waals surface area contributed by atoms with Crippen molar-refractivity contribution in [3.63, 3.8) is 0 Å². The van der Waals surface area contributed by atoms with Crippen molar-refractivity contribution in [1.29, 1.82) is 0 Å². The summed E-state index contributed by atoms with van der Waals surface area (Å²) in [6.07, 6.45) is -1.74. The molecule has 0 unspecified atom stereocenters. The molecule has 2 atom stereocenters. The van der Waals surface area contributed by atoms with E-state index >= 15 is 0 Å². The van der Waals surface area contributed by atoms with Crippen molar-refractivity contribution in [2.45, 2.75) is 44.2 Å². The number of likely N-dealkylation sites (tertiary alicyclic amines) is 1. The lowest BCUT2D eigenvalue weighted by Crippen LogP contribution is -2.42. The molecular weight excluding hydrogens is 534 g/mol. The molecule has 6 rings (SSSR count). The first-order chi connectivity index (χ1) is 19.0. The van der Waals surface area contributed by atoms with Gasteiger partial charge >= 0.3 is 6.18 Å². The highest BCUT2D eigenvalue weighted by Crippen LogP contribution is 2.39. The van der Waals surface area contributed by atoms with Gasteiger partial charge in [0.05, 0.1) is 36.1 Å². The second-order valence-corrected chi connectivity index (χ2v) is 10.00. The summed E-state index contributed by atoms with van der Waals surface area (Å²) in [6.45, 7) is 1.35. The number of nitrogens with two attached hydrogens (primary N) is 1. The van der Waals surface area contributed by atoms with E-state index in [4.69, 9.17) is 5.73 Å². The Morgan fingerprint density at radius 2 is 1.93 bits per heavy atom. The molecule has 2 amide bonds. The summed E-state index contributed by atoms with van der Waals surface area (Å²) in [5.74, 6) is -1.46. The fourth-order valence-electron chi connectivity index (χ4n) is 4.88. The highest BCUT2D eigenvalue weighted by molar-refractivity contribution is 5.97. The van der Waals surface area contributed by atoms with Crippen LogP contribution in [0, 0.1) is 6.92 Å². The van der Waals surface area contributed by atoms with E-state index in [1.54, 1.807) is 29.9 Å². The number of hydrogen-bond acceptors (Lipinski definition) is 7. The molecule has 4 aromatic rings. The largest absolute Gasteiger partial charge is 0.418 e. The monoisotopic (exact) mass is 557 g/mol. The van der Waals surface area contributed by atoms with E-state index in [2.05, 4.69) is 25.7 Å². The molecule has 0 bridgehead atoms. The maximum atomic E-state index is 14.9. The molecule has 15 heteroatoms. The topological polar surface area (TPSA) is 136 Å². The van der Waals surface area contributed by atoms with Gasteiger partial charge in [0.2, 0.25) is 0 Å². The standard InChI is InChI=1S/C25H23F4N9O2/c1-12-2-3-13(20-7-16(25(27,28)29)21-22(30)31-11-32-38(20)21)6-15(12)23(39)33-18-9-36(8-17(18)26)24(40)19-10-37(35-34-19)14-4-5-14/h2-3,6-7,10-11,14,17-18H,4-5,8-9H2,1H3,(H,33,39)(H2,30,31,32)/t17-,18+/m0/s1. The highest BCUT2D eigenvalue weighted by atomic mass is 19.4. The minimum atomic E-state index is -4.72. The van der Waals surface area contributed by atoms with Crippen molar-refractivity contribution in [3.05, 3.63) is 59.2 Å². The molecule has 3 N–H and O–H groups in total. The number of amides is 2. The number of nitrogens with zero attached hydrogens (tertiary/aromatic N) is 7. The number of carbonyl (C=O) groups excluding carboxylic acids is 2. The van der Waals surface area contributed by atoms with Crippen molar-refractivity contribution >= 4 is 23.1 Å². The number of aryl methyl sites for hydroxylation is 1. The van der Waals surface area contributed by atoms with Gasteiger partial charge in [0.1, 0.15) is 18.0 Å². The van der Waals surface area contributed by atoms with Gasteiger partial charge in [0, 0.05) is 17.7 Å². The Morgan fingerprint density at radius 3 is 2.65 bits per heavy atom. The summed E-state index contributed by atoms with van der Waals surface area (Å²) in [6, 6.07) is 4.67. The minimum absolute atomic E-state index is 0.0470. The van der Waals surface area contributed by atoms with Crippen molar-refractivity contribution in [1.82, 2.24) is 39.8 Å². The van der Waals surface area contributed by atoms with Crippen LogP contribution in [0.1, 0.15) is 50.9 Å². The number of hydrogen-bond donors (Lipinski definition) is 2. The van der Waals surface area contributed by atoms with Crippen LogP contribution < -0.4 is 11.1 Å². The van der Waals surface area contributed by atoms with Gasteiger partial charge in [-0.15, -0.1) is 5.10 Å². The van der Waals surface area contributed by atoms with Crippen LogP contribution in [0.4, 0.5) is 23.4 Å². The van der Waals surface area contributed by atoms with Crippen molar-refractivity contribution in [2.75, 3.05) is 18.8 Å². The third kappa shape index (κ3) is 4.50. The van der Waals surface area contributed by atoms with Gasteiger partial charge in [0.25, 0.3) is 11.8 Å². The predicted molar refractivity (Wildman–Crippen MR) is 133 cm³/mol. The maximum Gasteiger partial charge on any atom is 0.418 e. The van der Waals surface area contributed by atoms with E-state index in [-0.39, 0.29) is 47.5 Å². The van der Waals surface area contributed by atoms with Crippen LogP contribution in [0.5, 0.6) is 0 Å². The molecule has 0 radical (unpaired) electrons. The molecule has 1 saturated carbocycles. The molecular formula is C25H23F4N9O2. The second kappa shape index (κ2) is 9.27. The van der Waals surface area contributed by atoms with Crippen molar-refractivity contribution in [2.24, 2.45) is 0 Å². The Balaban J connectivity index is 1.23. The third-order valence-electron chi connectivity index (χ3n) is 7.17. The molecule has 40 heavy (non-hydrogen) atoms. The van der Waals surface area contributed by atoms with E-state index in [1.165, 1.54) is 11.0 Å². The number of carbonyl (C=O) groups is 2. The van der Waals surface area contributed by atoms with Crippen LogP contribution in [0.15, 0.2) is 36.8 Å². The first-order valence-corrected chi connectivity index (χ1v) is 12.5. The first kappa shape index (κ1) is 25.7. The van der Waals surface area contributed by atoms with Gasteiger partial charge in [-0.25, -0.2) is 18.6 Å². The van der Waals surface area contributed by atoms with Gasteiger partial charge in [-0.05, 0) is 37.5 Å². The number of nitrogen functional groups attached to an aromatic ring is 1. The predicted octanol–water partition coefficient (Wildman–Crippen LogP) is 2.82. The van der Waals surface area contributed by atoms with Crippen LogP contribution in [-0.4, -0.2) is 71.6 Å². The van der Waals surface area contributed by atoms with Crippen LogP contribution in [0.25, 0.3) is 16.8 Å². The molecule has 2 fully saturated rings. The normalized spacial score (nSPS) is 19.4. The summed E-state index contributed by atoms with van der Waals surface area (Å²) in [7, 11) is 0. The molecule has 4 heterocycles. The average molecular weight is 558 g/mol. The number of anilines is 1. The summed E-state index contributed by atoms with van der Waals surface area (Å²) in [5.41, 5.74) is 5.39. The van der Waals surface area contributed by atoms with Crippen LogP contribution >= 0.6 is 0 Å². The fourth-order valence-corrected chi connectivity index (χ4v) is 4.88. The summed E-state index contributed by atoms with van der Waals surface area (Å²) >= 11 is 0. The molecule has 208 valence electrons. The van der Waals surface area contributed by atoms with Gasteiger partial charge in [-0.1, -0.05) is 17.3 Å².